The number of carbonyl (C=O) groups excluding carboxylic acids is 1. The molecule has 23 heavy (non-hydrogen) atoms. The summed E-state index contributed by atoms with van der Waals surface area (Å²) >= 11 is 16.1. The van der Waals surface area contributed by atoms with Crippen LogP contribution in [0.4, 0.5) is 5.69 Å². The van der Waals surface area contributed by atoms with E-state index in [2.05, 4.69) is 31.8 Å². The molecule has 4 saturated carbocycles. The lowest BCUT2D eigenvalue weighted by Crippen LogP contribution is -2.58. The van der Waals surface area contributed by atoms with Crippen LogP contribution in [0.25, 0.3) is 0 Å². The predicted octanol–water partition coefficient (Wildman–Crippen LogP) is 4.57. The van der Waals surface area contributed by atoms with Gasteiger partial charge in [0.25, 0.3) is 0 Å². The molecule has 2 N–H and O–H groups in total. The maximum atomic E-state index is 12.9. The Kier molecular flexibility index (Phi) is 3.82. The summed E-state index contributed by atoms with van der Waals surface area (Å²) in [5.41, 5.74) is 5.97. The summed E-state index contributed by atoms with van der Waals surface area (Å²) in [6, 6.07) is 0. The predicted molar refractivity (Wildman–Crippen MR) is 94.8 cm³/mol. The van der Waals surface area contributed by atoms with E-state index in [1.54, 1.807) is 0 Å². The minimum Gasteiger partial charge on any atom is -0.295 e. The van der Waals surface area contributed by atoms with Crippen LogP contribution in [0.3, 0.4) is 0 Å². The van der Waals surface area contributed by atoms with Crippen LogP contribution < -0.4 is 10.9 Å². The van der Waals surface area contributed by atoms with Gasteiger partial charge in [-0.25, -0.2) is 0 Å². The van der Waals surface area contributed by atoms with Crippen LogP contribution in [0.5, 0.6) is 0 Å². The highest BCUT2D eigenvalue weighted by Crippen LogP contribution is 2.64. The van der Waals surface area contributed by atoms with Gasteiger partial charge < -0.3 is 0 Å². The Morgan fingerprint density at radius 2 is 1.78 bits per heavy atom. The third-order valence-corrected chi connectivity index (χ3v) is 7.13. The second kappa shape index (κ2) is 5.50. The number of hydrazine groups is 1. The maximum Gasteiger partial charge on any atom is 0.244 e. The molecule has 4 fully saturated rings. The average Bonchev–Trinajstić information content (AvgIpc) is 2.43. The average molecular weight is 419 g/mol. The molecule has 1 amide bonds. The summed E-state index contributed by atoms with van der Waals surface area (Å²) in [5.74, 6) is 1.38. The van der Waals surface area contributed by atoms with Gasteiger partial charge in [0, 0.05) is 16.7 Å². The monoisotopic (exact) mass is 417 g/mol. The number of nitrogens with one attached hydrogen (secondary N) is 2. The molecule has 0 spiro atoms. The number of amides is 1. The number of anilines is 1. The highest BCUT2D eigenvalue weighted by atomic mass is 79.9. The summed E-state index contributed by atoms with van der Waals surface area (Å²) in [6.45, 7) is 0. The molecule has 1 aromatic heterocycles. The van der Waals surface area contributed by atoms with Gasteiger partial charge in [-0.05, 0) is 50.4 Å². The van der Waals surface area contributed by atoms with Crippen molar-refractivity contribution < 1.29 is 4.79 Å². The lowest BCUT2D eigenvalue weighted by Gasteiger charge is -2.59. The zero-order valence-electron chi connectivity index (χ0n) is 12.5. The Balaban J connectivity index is 1.51. The van der Waals surface area contributed by atoms with Crippen LogP contribution in [0, 0.1) is 17.3 Å². The largest absolute Gasteiger partial charge is 0.295 e. The molecule has 124 valence electrons. The highest BCUT2D eigenvalue weighted by molar-refractivity contribution is 9.10. The first-order valence-electron chi connectivity index (χ1n) is 7.94. The first-order valence-corrected chi connectivity index (χ1v) is 9.48. The SMILES string of the molecule is O=C(NNc1c(Cl)cncc1Cl)C12C[C@H]3C[C@@H](CC(Br)(C3)C1)C2. The zero-order chi connectivity index (χ0) is 16.2. The minimum atomic E-state index is -0.271. The summed E-state index contributed by atoms with van der Waals surface area (Å²) in [6.07, 6.45) is 9.57. The molecule has 0 radical (unpaired) electrons. The maximum absolute atomic E-state index is 12.9. The standard InChI is InChI=1S/C16H18BrCl2N3O/c17-16-4-9-1-10(5-16)3-15(2-9,8-16)14(23)22-21-13-11(18)6-20-7-12(13)19/h6-7,9-10H,1-5,8H2,(H,20,21)(H,22,23)/t9-,10-,15?,16?/m1/s1. The van der Waals surface area contributed by atoms with E-state index in [0.717, 1.165) is 19.3 Å². The van der Waals surface area contributed by atoms with E-state index in [1.807, 2.05) is 0 Å². The Hall–Kier alpha value is -0.520. The normalized spacial score (nSPS) is 37.7. The number of halogens is 3. The second-order valence-corrected chi connectivity index (χ2v) is 9.95. The van der Waals surface area contributed by atoms with Crippen molar-refractivity contribution in [1.29, 1.82) is 0 Å². The van der Waals surface area contributed by atoms with Crippen molar-refractivity contribution in [3.05, 3.63) is 22.4 Å². The molecule has 5 rings (SSSR count). The second-order valence-electron chi connectivity index (χ2n) is 7.45. The van der Waals surface area contributed by atoms with Crippen molar-refractivity contribution in [2.45, 2.75) is 42.8 Å². The summed E-state index contributed by atoms with van der Waals surface area (Å²) < 4.78 is 0.153. The molecule has 2 atom stereocenters. The zero-order valence-corrected chi connectivity index (χ0v) is 15.6. The van der Waals surface area contributed by atoms with Crippen LogP contribution in [0.1, 0.15) is 38.5 Å². The van der Waals surface area contributed by atoms with Crippen molar-refractivity contribution in [3.63, 3.8) is 0 Å². The van der Waals surface area contributed by atoms with Crippen molar-refractivity contribution in [3.8, 4) is 0 Å². The minimum absolute atomic E-state index is 0.0550. The molecular formula is C16H18BrCl2N3O. The van der Waals surface area contributed by atoms with E-state index >= 15 is 0 Å². The van der Waals surface area contributed by atoms with Crippen LogP contribution >= 0.6 is 39.1 Å². The Labute approximate surface area is 153 Å². The fraction of sp³-hybridized carbons (Fsp3) is 0.625. The first kappa shape index (κ1) is 16.0. The topological polar surface area (TPSA) is 54.0 Å². The molecule has 4 bridgehead atoms. The van der Waals surface area contributed by atoms with Crippen molar-refractivity contribution in [1.82, 2.24) is 10.4 Å². The Bertz CT molecular complexity index is 634. The van der Waals surface area contributed by atoms with Gasteiger partial charge in [0.2, 0.25) is 5.91 Å². The molecule has 0 aliphatic heterocycles. The molecule has 1 heterocycles. The van der Waals surface area contributed by atoms with Crippen molar-refractivity contribution in [2.24, 2.45) is 17.3 Å². The molecule has 4 aliphatic carbocycles. The lowest BCUT2D eigenvalue weighted by molar-refractivity contribution is -0.143. The highest BCUT2D eigenvalue weighted by Gasteiger charge is 2.59. The fourth-order valence-corrected chi connectivity index (χ4v) is 7.11. The number of alkyl halides is 1. The molecule has 4 nitrogen and oxygen atoms in total. The van der Waals surface area contributed by atoms with E-state index in [9.17, 15) is 4.79 Å². The van der Waals surface area contributed by atoms with Crippen LogP contribution in [0.15, 0.2) is 12.4 Å². The number of aromatic nitrogens is 1. The summed E-state index contributed by atoms with van der Waals surface area (Å²) in [7, 11) is 0. The molecule has 4 aliphatic rings. The number of hydrogen-bond donors (Lipinski definition) is 2. The van der Waals surface area contributed by atoms with E-state index in [-0.39, 0.29) is 15.6 Å². The van der Waals surface area contributed by atoms with Gasteiger partial charge in [0.05, 0.1) is 21.1 Å². The van der Waals surface area contributed by atoms with E-state index in [0.29, 0.717) is 27.6 Å². The Morgan fingerprint density at radius 3 is 2.35 bits per heavy atom. The number of carbonyl (C=O) groups is 1. The summed E-state index contributed by atoms with van der Waals surface area (Å²) in [4.78, 5) is 16.9. The Morgan fingerprint density at radius 1 is 1.17 bits per heavy atom. The number of pyridine rings is 1. The van der Waals surface area contributed by atoms with Crippen LogP contribution in [0.2, 0.25) is 10.0 Å². The van der Waals surface area contributed by atoms with E-state index < -0.39 is 0 Å². The third kappa shape index (κ3) is 2.75. The molecule has 1 aromatic rings. The van der Waals surface area contributed by atoms with Gasteiger partial charge in [-0.2, -0.15) is 0 Å². The van der Waals surface area contributed by atoms with Crippen LogP contribution in [-0.2, 0) is 4.79 Å². The van der Waals surface area contributed by atoms with Gasteiger partial charge in [-0.15, -0.1) is 0 Å². The third-order valence-electron chi connectivity index (χ3n) is 5.63. The number of nitrogens with zero attached hydrogens (tertiary/aromatic N) is 1. The molecule has 0 aromatic carbocycles. The lowest BCUT2D eigenvalue weighted by atomic mass is 9.49. The molecule has 0 saturated heterocycles. The van der Waals surface area contributed by atoms with Gasteiger partial charge >= 0.3 is 0 Å². The summed E-state index contributed by atoms with van der Waals surface area (Å²) in [5, 5.41) is 0.778. The van der Waals surface area contributed by atoms with Crippen LogP contribution in [-0.4, -0.2) is 15.2 Å². The van der Waals surface area contributed by atoms with Gasteiger partial charge in [0.15, 0.2) is 0 Å². The van der Waals surface area contributed by atoms with Gasteiger partial charge in [-0.1, -0.05) is 39.1 Å². The van der Waals surface area contributed by atoms with E-state index in [4.69, 9.17) is 23.2 Å². The first-order chi connectivity index (χ1) is 10.9. The molecular weight excluding hydrogens is 401 g/mol. The smallest absolute Gasteiger partial charge is 0.244 e. The number of hydrogen-bond acceptors (Lipinski definition) is 3. The molecule has 7 heteroatoms. The van der Waals surface area contributed by atoms with E-state index in [1.165, 1.54) is 31.7 Å². The van der Waals surface area contributed by atoms with Crippen molar-refractivity contribution in [2.75, 3.05) is 5.43 Å². The van der Waals surface area contributed by atoms with Gasteiger partial charge in [-0.3, -0.25) is 20.6 Å². The molecule has 0 unspecified atom stereocenters. The quantitative estimate of drug-likeness (QED) is 0.558. The number of rotatable bonds is 3. The van der Waals surface area contributed by atoms with Crippen molar-refractivity contribution >= 4 is 50.7 Å². The fourth-order valence-electron chi connectivity index (χ4n) is 5.20. The van der Waals surface area contributed by atoms with Gasteiger partial charge in [0.1, 0.15) is 0 Å².